The molecule has 1 unspecified atom stereocenters. The third kappa shape index (κ3) is 3.12. The number of amides is 4. The summed E-state index contributed by atoms with van der Waals surface area (Å²) < 4.78 is 54.4. The van der Waals surface area contributed by atoms with Gasteiger partial charge in [0, 0.05) is 0 Å². The largest absolute Gasteiger partial charge is 0.440 e. The van der Waals surface area contributed by atoms with E-state index >= 15 is 0 Å². The van der Waals surface area contributed by atoms with E-state index in [2.05, 4.69) is 0 Å². The minimum atomic E-state index is -5.36. The highest BCUT2D eigenvalue weighted by Gasteiger charge is 2.69. The molecule has 1 aliphatic heterocycles. The van der Waals surface area contributed by atoms with Crippen molar-refractivity contribution in [2.75, 3.05) is 4.90 Å². The number of carbonyl (C=O) groups is 3. The molecule has 0 saturated carbocycles. The van der Waals surface area contributed by atoms with Crippen molar-refractivity contribution in [3.8, 4) is 0 Å². The molecule has 1 aromatic carbocycles. The van der Waals surface area contributed by atoms with Gasteiger partial charge in [-0.2, -0.15) is 13.2 Å². The van der Waals surface area contributed by atoms with Gasteiger partial charge in [0.2, 0.25) is 0 Å². The first-order valence-corrected chi connectivity index (χ1v) is 8.37. The highest BCUT2D eigenvalue weighted by molar-refractivity contribution is 7.12. The maximum Gasteiger partial charge on any atom is 0.440 e. The van der Waals surface area contributed by atoms with E-state index in [4.69, 9.17) is 11.6 Å². The second-order valence-corrected chi connectivity index (χ2v) is 6.70. The number of benzene rings is 1. The van der Waals surface area contributed by atoms with Gasteiger partial charge in [0.05, 0.1) is 15.6 Å². The average Bonchev–Trinajstić information content (AvgIpc) is 3.18. The number of thiophene rings is 1. The smallest absolute Gasteiger partial charge is 0.313 e. The summed E-state index contributed by atoms with van der Waals surface area (Å²) in [5, 5.41) is 3.99. The lowest BCUT2D eigenvalue weighted by atomic mass is 10.1. The number of hydrogen-bond acceptors (Lipinski definition) is 4. The summed E-state index contributed by atoms with van der Waals surface area (Å²) in [6.45, 7) is 0. The molecular formula is C15H8ClF4N3O3S. The Hall–Kier alpha value is -2.66. The van der Waals surface area contributed by atoms with E-state index in [1.54, 1.807) is 5.32 Å². The first kappa shape index (κ1) is 19.1. The fourth-order valence-electron chi connectivity index (χ4n) is 2.38. The Morgan fingerprint density at radius 1 is 1.26 bits per heavy atom. The number of rotatable bonds is 3. The summed E-state index contributed by atoms with van der Waals surface area (Å²) in [6, 6.07) is 3.75. The van der Waals surface area contributed by atoms with Gasteiger partial charge in [0.15, 0.2) is 0 Å². The minimum absolute atomic E-state index is 0.0936. The van der Waals surface area contributed by atoms with E-state index in [0.29, 0.717) is 0 Å². The number of halogens is 5. The minimum Gasteiger partial charge on any atom is -0.313 e. The molecule has 1 aliphatic rings. The Bertz CT molecular complexity index is 935. The van der Waals surface area contributed by atoms with Gasteiger partial charge in [0.1, 0.15) is 5.82 Å². The second kappa shape index (κ2) is 6.50. The number of hydrogen-bond donors (Lipinski definition) is 2. The van der Waals surface area contributed by atoms with E-state index in [-0.39, 0.29) is 15.5 Å². The van der Waals surface area contributed by atoms with Crippen LogP contribution in [0.1, 0.15) is 9.67 Å². The lowest BCUT2D eigenvalue weighted by Gasteiger charge is -2.29. The van der Waals surface area contributed by atoms with Crippen molar-refractivity contribution < 1.29 is 31.9 Å². The van der Waals surface area contributed by atoms with Crippen LogP contribution in [0.3, 0.4) is 0 Å². The molecule has 27 heavy (non-hydrogen) atoms. The highest BCUT2D eigenvalue weighted by Crippen LogP contribution is 2.36. The maximum absolute atomic E-state index is 13.7. The highest BCUT2D eigenvalue weighted by atomic mass is 35.5. The molecule has 1 saturated heterocycles. The number of imide groups is 1. The van der Waals surface area contributed by atoms with Crippen molar-refractivity contribution in [3.63, 3.8) is 0 Å². The number of alkyl halides is 3. The summed E-state index contributed by atoms with van der Waals surface area (Å²) >= 11 is 6.42. The molecule has 4 amide bonds. The Kier molecular flexibility index (Phi) is 4.60. The van der Waals surface area contributed by atoms with Gasteiger partial charge in [-0.05, 0) is 29.6 Å². The van der Waals surface area contributed by atoms with Crippen molar-refractivity contribution in [3.05, 3.63) is 51.4 Å². The average molecular weight is 422 g/mol. The molecular weight excluding hydrogens is 414 g/mol. The SMILES string of the molecule is O=C(NC1(C(F)(F)F)NC(=O)N(c2ccc(F)c(Cl)c2)C1=O)c1cccs1. The number of nitrogens with zero attached hydrogens (tertiary/aromatic N) is 1. The molecule has 1 fully saturated rings. The quantitative estimate of drug-likeness (QED) is 0.589. The van der Waals surface area contributed by atoms with Crippen molar-refractivity contribution in [2.24, 2.45) is 0 Å². The lowest BCUT2D eigenvalue weighted by Crippen LogP contribution is -2.69. The summed E-state index contributed by atoms with van der Waals surface area (Å²) in [7, 11) is 0. The summed E-state index contributed by atoms with van der Waals surface area (Å²) in [5.74, 6) is -3.89. The molecule has 12 heteroatoms. The van der Waals surface area contributed by atoms with Crippen LogP contribution in [0.5, 0.6) is 0 Å². The predicted octanol–water partition coefficient (Wildman–Crippen LogP) is 3.29. The van der Waals surface area contributed by atoms with E-state index in [1.165, 1.54) is 22.8 Å². The fraction of sp³-hybridized carbons (Fsp3) is 0.133. The Labute approximate surface area is 157 Å². The molecule has 1 atom stereocenters. The zero-order chi connectivity index (χ0) is 20.0. The van der Waals surface area contributed by atoms with E-state index in [0.717, 1.165) is 29.5 Å². The molecule has 2 heterocycles. The Balaban J connectivity index is 2.02. The topological polar surface area (TPSA) is 78.5 Å². The summed E-state index contributed by atoms with van der Waals surface area (Å²) in [5.41, 5.74) is -4.06. The van der Waals surface area contributed by atoms with Crippen molar-refractivity contribution in [1.82, 2.24) is 10.6 Å². The molecule has 6 nitrogen and oxygen atoms in total. The number of anilines is 1. The van der Waals surface area contributed by atoms with Crippen LogP contribution in [0.2, 0.25) is 5.02 Å². The van der Waals surface area contributed by atoms with Crippen LogP contribution in [0, 0.1) is 5.82 Å². The third-order valence-corrected chi connectivity index (χ3v) is 4.81. The molecule has 0 radical (unpaired) electrons. The molecule has 142 valence electrons. The molecule has 2 N–H and O–H groups in total. The zero-order valence-electron chi connectivity index (χ0n) is 12.9. The van der Waals surface area contributed by atoms with Gasteiger partial charge >= 0.3 is 12.2 Å². The first-order valence-electron chi connectivity index (χ1n) is 7.11. The normalized spacial score (nSPS) is 20.0. The third-order valence-electron chi connectivity index (χ3n) is 3.65. The Morgan fingerprint density at radius 2 is 1.96 bits per heavy atom. The lowest BCUT2D eigenvalue weighted by molar-refractivity contribution is -0.197. The molecule has 3 rings (SSSR count). The molecule has 1 aromatic heterocycles. The van der Waals surface area contributed by atoms with Crippen LogP contribution in [-0.2, 0) is 4.79 Å². The number of carbonyl (C=O) groups excluding carboxylic acids is 3. The molecule has 0 spiro atoms. The van der Waals surface area contributed by atoms with E-state index in [1.807, 2.05) is 0 Å². The molecule has 0 bridgehead atoms. The standard InChI is InChI=1S/C15H8ClF4N3O3S/c16-8-6-7(3-4-9(8)17)23-12(25)14(15(18,19)20,22-13(23)26)21-11(24)10-2-1-5-27-10/h1-6H,(H,21,24)(H,22,26). The number of nitrogens with one attached hydrogen (secondary N) is 2. The number of urea groups is 1. The van der Waals surface area contributed by atoms with Gasteiger partial charge in [-0.3, -0.25) is 14.9 Å². The van der Waals surface area contributed by atoms with Gasteiger partial charge in [0.25, 0.3) is 17.5 Å². The second-order valence-electron chi connectivity index (χ2n) is 5.35. The van der Waals surface area contributed by atoms with Gasteiger partial charge in [-0.15, -0.1) is 11.3 Å². The van der Waals surface area contributed by atoms with Crippen LogP contribution in [0.25, 0.3) is 0 Å². The zero-order valence-corrected chi connectivity index (χ0v) is 14.5. The Morgan fingerprint density at radius 3 is 2.52 bits per heavy atom. The van der Waals surface area contributed by atoms with Crippen LogP contribution in [0.15, 0.2) is 35.7 Å². The van der Waals surface area contributed by atoms with Gasteiger partial charge < -0.3 is 5.32 Å². The maximum atomic E-state index is 13.7. The van der Waals surface area contributed by atoms with Crippen LogP contribution >= 0.6 is 22.9 Å². The molecule has 0 aliphatic carbocycles. The van der Waals surface area contributed by atoms with Crippen molar-refractivity contribution in [2.45, 2.75) is 11.8 Å². The van der Waals surface area contributed by atoms with Crippen molar-refractivity contribution in [1.29, 1.82) is 0 Å². The molecule has 2 aromatic rings. The van der Waals surface area contributed by atoms with Crippen LogP contribution in [-0.4, -0.2) is 29.7 Å². The van der Waals surface area contributed by atoms with Gasteiger partial charge in [-0.25, -0.2) is 14.1 Å². The fourth-order valence-corrected chi connectivity index (χ4v) is 3.17. The van der Waals surface area contributed by atoms with Crippen LogP contribution in [0.4, 0.5) is 28.0 Å². The monoisotopic (exact) mass is 421 g/mol. The van der Waals surface area contributed by atoms with E-state index in [9.17, 15) is 31.9 Å². The van der Waals surface area contributed by atoms with Crippen LogP contribution < -0.4 is 15.5 Å². The van der Waals surface area contributed by atoms with E-state index < -0.39 is 40.5 Å². The summed E-state index contributed by atoms with van der Waals surface area (Å²) in [4.78, 5) is 36.8. The van der Waals surface area contributed by atoms with Crippen molar-refractivity contribution >= 4 is 46.5 Å². The van der Waals surface area contributed by atoms with Gasteiger partial charge in [-0.1, -0.05) is 17.7 Å². The first-order chi connectivity index (χ1) is 12.6. The summed E-state index contributed by atoms with van der Waals surface area (Å²) in [6.07, 6.45) is -5.36. The predicted molar refractivity (Wildman–Crippen MR) is 88.0 cm³/mol.